The van der Waals surface area contributed by atoms with Crippen molar-refractivity contribution in [1.29, 1.82) is 0 Å². The first-order chi connectivity index (χ1) is 12.3. The molecular formula is C18H20N4O3. The quantitative estimate of drug-likeness (QED) is 0.710. The molecule has 25 heavy (non-hydrogen) atoms. The second kappa shape index (κ2) is 6.68. The highest BCUT2D eigenvalue weighted by molar-refractivity contribution is 5.51. The first-order valence-electron chi connectivity index (χ1n) is 8.41. The second-order valence-corrected chi connectivity index (χ2v) is 6.03. The van der Waals surface area contributed by atoms with E-state index in [1.165, 1.54) is 0 Å². The van der Waals surface area contributed by atoms with E-state index in [9.17, 15) is 0 Å². The lowest BCUT2D eigenvalue weighted by atomic mass is 10.1. The van der Waals surface area contributed by atoms with E-state index in [1.807, 2.05) is 30.6 Å². The fourth-order valence-electron chi connectivity index (χ4n) is 3.00. The van der Waals surface area contributed by atoms with Gasteiger partial charge in [0, 0.05) is 6.42 Å². The summed E-state index contributed by atoms with van der Waals surface area (Å²) in [6.45, 7) is 3.24. The zero-order valence-electron chi connectivity index (χ0n) is 14.3. The van der Waals surface area contributed by atoms with Crippen molar-refractivity contribution < 1.29 is 14.0 Å². The SMILES string of the molecule is CCCc1noc(-c2ncn3c2CO[C@@H](c2ccc(OC)cc2)C3)n1. The predicted molar refractivity (Wildman–Crippen MR) is 90.0 cm³/mol. The number of hydrogen-bond acceptors (Lipinski definition) is 6. The van der Waals surface area contributed by atoms with Crippen molar-refractivity contribution in [2.75, 3.05) is 7.11 Å². The van der Waals surface area contributed by atoms with Gasteiger partial charge >= 0.3 is 0 Å². The van der Waals surface area contributed by atoms with E-state index in [0.29, 0.717) is 30.6 Å². The van der Waals surface area contributed by atoms with E-state index in [1.54, 1.807) is 7.11 Å². The largest absolute Gasteiger partial charge is 0.497 e. The Kier molecular flexibility index (Phi) is 4.23. The smallest absolute Gasteiger partial charge is 0.278 e. The Labute approximate surface area is 145 Å². The summed E-state index contributed by atoms with van der Waals surface area (Å²) >= 11 is 0. The lowest BCUT2D eigenvalue weighted by molar-refractivity contribution is 0.00328. The summed E-state index contributed by atoms with van der Waals surface area (Å²) in [7, 11) is 1.66. The molecule has 1 aliphatic rings. The van der Waals surface area contributed by atoms with Crippen LogP contribution in [0.3, 0.4) is 0 Å². The zero-order chi connectivity index (χ0) is 17.2. The molecule has 1 aliphatic heterocycles. The van der Waals surface area contributed by atoms with Crippen LogP contribution < -0.4 is 4.74 Å². The highest BCUT2D eigenvalue weighted by Gasteiger charge is 2.26. The Bertz CT molecular complexity index is 854. The number of ether oxygens (including phenoxy) is 2. The van der Waals surface area contributed by atoms with Crippen LogP contribution in [-0.2, 0) is 24.3 Å². The molecule has 1 atom stereocenters. The van der Waals surface area contributed by atoms with Crippen molar-refractivity contribution in [2.24, 2.45) is 0 Å². The normalized spacial score (nSPS) is 16.6. The van der Waals surface area contributed by atoms with Crippen molar-refractivity contribution in [3.05, 3.63) is 47.7 Å². The molecule has 0 amide bonds. The van der Waals surface area contributed by atoms with E-state index in [-0.39, 0.29) is 6.10 Å². The van der Waals surface area contributed by atoms with Crippen LogP contribution in [-0.4, -0.2) is 26.8 Å². The molecule has 0 saturated carbocycles. The zero-order valence-corrected chi connectivity index (χ0v) is 14.3. The minimum absolute atomic E-state index is 0.0150. The molecule has 0 bridgehead atoms. The van der Waals surface area contributed by atoms with Crippen molar-refractivity contribution in [3.63, 3.8) is 0 Å². The summed E-state index contributed by atoms with van der Waals surface area (Å²) in [5, 5.41) is 4.00. The van der Waals surface area contributed by atoms with Gasteiger partial charge < -0.3 is 18.6 Å². The van der Waals surface area contributed by atoms with Gasteiger partial charge in [0.2, 0.25) is 0 Å². The second-order valence-electron chi connectivity index (χ2n) is 6.03. The molecule has 0 fully saturated rings. The molecule has 7 heteroatoms. The van der Waals surface area contributed by atoms with Crippen LogP contribution in [0.4, 0.5) is 0 Å². The van der Waals surface area contributed by atoms with Gasteiger partial charge in [0.25, 0.3) is 5.89 Å². The molecular weight excluding hydrogens is 320 g/mol. The van der Waals surface area contributed by atoms with Crippen LogP contribution in [0.2, 0.25) is 0 Å². The van der Waals surface area contributed by atoms with Gasteiger partial charge in [0.15, 0.2) is 11.5 Å². The minimum Gasteiger partial charge on any atom is -0.497 e. The van der Waals surface area contributed by atoms with E-state index in [2.05, 4.69) is 26.6 Å². The van der Waals surface area contributed by atoms with Crippen molar-refractivity contribution in [1.82, 2.24) is 19.7 Å². The van der Waals surface area contributed by atoms with Crippen molar-refractivity contribution in [2.45, 2.75) is 39.0 Å². The summed E-state index contributed by atoms with van der Waals surface area (Å²) in [5.74, 6) is 2.01. The fourth-order valence-corrected chi connectivity index (χ4v) is 3.00. The molecule has 0 unspecified atom stereocenters. The van der Waals surface area contributed by atoms with Gasteiger partial charge in [0.1, 0.15) is 11.9 Å². The van der Waals surface area contributed by atoms with Gasteiger partial charge in [-0.2, -0.15) is 4.98 Å². The van der Waals surface area contributed by atoms with Crippen LogP contribution in [0, 0.1) is 0 Å². The maximum atomic E-state index is 6.05. The Morgan fingerprint density at radius 1 is 1.28 bits per heavy atom. The number of hydrogen-bond donors (Lipinski definition) is 0. The topological polar surface area (TPSA) is 75.2 Å². The molecule has 4 rings (SSSR count). The molecule has 0 aliphatic carbocycles. The van der Waals surface area contributed by atoms with Gasteiger partial charge in [-0.25, -0.2) is 4.98 Å². The number of methoxy groups -OCH3 is 1. The van der Waals surface area contributed by atoms with Crippen LogP contribution in [0.25, 0.3) is 11.6 Å². The number of imidazole rings is 1. The number of aromatic nitrogens is 4. The van der Waals surface area contributed by atoms with Gasteiger partial charge in [0.05, 0.1) is 32.3 Å². The van der Waals surface area contributed by atoms with Crippen molar-refractivity contribution >= 4 is 0 Å². The maximum absolute atomic E-state index is 6.05. The molecule has 130 valence electrons. The van der Waals surface area contributed by atoms with Crippen LogP contribution in [0.5, 0.6) is 5.75 Å². The number of nitrogens with zero attached hydrogens (tertiary/aromatic N) is 4. The average Bonchev–Trinajstić information content (AvgIpc) is 3.28. The van der Waals surface area contributed by atoms with Gasteiger partial charge in [-0.3, -0.25) is 0 Å². The summed E-state index contributed by atoms with van der Waals surface area (Å²) in [6.07, 6.45) is 3.58. The van der Waals surface area contributed by atoms with E-state index < -0.39 is 0 Å². The number of fused-ring (bicyclic) bond motifs is 1. The van der Waals surface area contributed by atoms with E-state index >= 15 is 0 Å². The molecule has 0 spiro atoms. The molecule has 3 heterocycles. The third kappa shape index (κ3) is 3.02. The Morgan fingerprint density at radius 2 is 2.12 bits per heavy atom. The maximum Gasteiger partial charge on any atom is 0.278 e. The Balaban J connectivity index is 1.55. The standard InChI is InChI=1S/C18H20N4O3/c1-3-4-16-20-18(25-21-16)17-14-10-24-15(9-22(14)11-19-17)12-5-7-13(23-2)8-6-12/h5-8,11,15H,3-4,9-10H2,1-2H3/t15-/m1/s1. The monoisotopic (exact) mass is 340 g/mol. The highest BCUT2D eigenvalue weighted by Crippen LogP contribution is 2.31. The average molecular weight is 340 g/mol. The third-order valence-corrected chi connectivity index (χ3v) is 4.36. The molecule has 2 aromatic heterocycles. The van der Waals surface area contributed by atoms with E-state index in [0.717, 1.165) is 29.8 Å². The minimum atomic E-state index is -0.0150. The molecule has 3 aromatic rings. The van der Waals surface area contributed by atoms with Crippen LogP contribution in [0.15, 0.2) is 35.1 Å². The molecule has 1 aromatic carbocycles. The third-order valence-electron chi connectivity index (χ3n) is 4.36. The fraction of sp³-hybridized carbons (Fsp3) is 0.389. The molecule has 0 saturated heterocycles. The molecule has 7 nitrogen and oxygen atoms in total. The molecule has 0 radical (unpaired) electrons. The number of benzene rings is 1. The Morgan fingerprint density at radius 3 is 2.88 bits per heavy atom. The van der Waals surface area contributed by atoms with Gasteiger partial charge in [-0.1, -0.05) is 24.2 Å². The first kappa shape index (κ1) is 15.8. The summed E-state index contributed by atoms with van der Waals surface area (Å²) < 4.78 is 18.7. The summed E-state index contributed by atoms with van der Waals surface area (Å²) in [6, 6.07) is 7.95. The van der Waals surface area contributed by atoms with Gasteiger partial charge in [-0.15, -0.1) is 0 Å². The number of aryl methyl sites for hydroxylation is 1. The lowest BCUT2D eigenvalue weighted by Gasteiger charge is -2.25. The molecule has 0 N–H and O–H groups in total. The highest BCUT2D eigenvalue weighted by atomic mass is 16.5. The summed E-state index contributed by atoms with van der Waals surface area (Å²) in [4.78, 5) is 8.89. The first-order valence-corrected chi connectivity index (χ1v) is 8.41. The lowest BCUT2D eigenvalue weighted by Crippen LogP contribution is -2.20. The van der Waals surface area contributed by atoms with Gasteiger partial charge in [-0.05, 0) is 24.1 Å². The van der Waals surface area contributed by atoms with Crippen LogP contribution in [0.1, 0.15) is 36.5 Å². The van der Waals surface area contributed by atoms with Crippen molar-refractivity contribution in [3.8, 4) is 17.3 Å². The number of rotatable bonds is 5. The Hall–Kier alpha value is -2.67. The van der Waals surface area contributed by atoms with Crippen LogP contribution >= 0.6 is 0 Å². The summed E-state index contributed by atoms with van der Waals surface area (Å²) in [5.41, 5.74) is 2.80. The van der Waals surface area contributed by atoms with E-state index in [4.69, 9.17) is 14.0 Å². The predicted octanol–water partition coefficient (Wildman–Crippen LogP) is 3.17.